The first kappa shape index (κ1) is 35.4. The number of allylic oxidation sites excluding steroid dienone is 3. The van der Waals surface area contributed by atoms with Crippen molar-refractivity contribution in [2.45, 2.75) is 65.6 Å². The van der Waals surface area contributed by atoms with Gasteiger partial charge in [0.15, 0.2) is 0 Å². The molecule has 45 heavy (non-hydrogen) atoms. The van der Waals surface area contributed by atoms with Gasteiger partial charge in [0.05, 0.1) is 6.04 Å². The van der Waals surface area contributed by atoms with Gasteiger partial charge in [0.2, 0.25) is 5.91 Å². The second-order valence-corrected chi connectivity index (χ2v) is 12.0. The van der Waals surface area contributed by atoms with E-state index >= 15 is 0 Å². The number of halogens is 2. The molecule has 1 aliphatic heterocycles. The number of amides is 3. The van der Waals surface area contributed by atoms with Crippen LogP contribution in [0.5, 0.6) is 11.5 Å². The predicted octanol–water partition coefficient (Wildman–Crippen LogP) is 7.57. The van der Waals surface area contributed by atoms with Crippen LogP contribution in [0.1, 0.15) is 46.6 Å². The molecule has 3 rings (SSSR count). The van der Waals surface area contributed by atoms with Gasteiger partial charge in [-0.3, -0.25) is 14.5 Å². The number of hydrogen-bond acceptors (Lipinski definition) is 5. The highest BCUT2D eigenvalue weighted by Crippen LogP contribution is 2.32. The molecular formula is C35H43ClFN3O5. The van der Waals surface area contributed by atoms with Crippen molar-refractivity contribution in [2.75, 3.05) is 30.4 Å². The summed E-state index contributed by atoms with van der Waals surface area (Å²) < 4.78 is 25.7. The van der Waals surface area contributed by atoms with Crippen LogP contribution >= 0.6 is 11.6 Å². The van der Waals surface area contributed by atoms with Crippen molar-refractivity contribution in [3.8, 4) is 11.5 Å². The average molecular weight is 640 g/mol. The van der Waals surface area contributed by atoms with Crippen LogP contribution in [-0.2, 0) is 14.3 Å². The zero-order chi connectivity index (χ0) is 33.3. The van der Waals surface area contributed by atoms with Gasteiger partial charge in [0.25, 0.3) is 5.91 Å². The predicted molar refractivity (Wildman–Crippen MR) is 176 cm³/mol. The molecular weight excluding hydrogens is 597 g/mol. The second kappa shape index (κ2) is 15.8. The molecule has 1 heterocycles. The van der Waals surface area contributed by atoms with Gasteiger partial charge in [-0.15, -0.1) is 11.6 Å². The molecule has 1 fully saturated rings. The highest BCUT2D eigenvalue weighted by molar-refractivity contribution is 6.30. The molecule has 0 unspecified atom stereocenters. The third-order valence-corrected chi connectivity index (χ3v) is 7.49. The molecule has 242 valence electrons. The number of carbonyl (C=O) groups is 3. The van der Waals surface area contributed by atoms with Crippen LogP contribution in [0.2, 0.25) is 0 Å². The summed E-state index contributed by atoms with van der Waals surface area (Å²) in [6.07, 6.45) is 4.00. The van der Waals surface area contributed by atoms with E-state index in [0.717, 1.165) is 0 Å². The Labute approximate surface area is 270 Å². The van der Waals surface area contributed by atoms with E-state index in [1.54, 1.807) is 62.6 Å². The number of benzene rings is 2. The van der Waals surface area contributed by atoms with E-state index in [1.807, 2.05) is 37.3 Å². The normalized spacial score (nSPS) is 16.4. The number of anilines is 1. The van der Waals surface area contributed by atoms with E-state index in [0.29, 0.717) is 29.2 Å². The summed E-state index contributed by atoms with van der Waals surface area (Å²) in [5.41, 5.74) is 0.612. The van der Waals surface area contributed by atoms with Crippen molar-refractivity contribution in [3.63, 3.8) is 0 Å². The van der Waals surface area contributed by atoms with Crippen molar-refractivity contribution in [3.05, 3.63) is 90.3 Å². The standard InChI is InChI=1S/C35H43ClFN3O5/c1-8-26(37)16-15-24(3)32(33(42)38-19-20-39(27(9-2)23-38)34(43)45-35(5,6)7)40(31(41)22-36)30-18-17-29(21-25(30)4)44-28-13-11-10-12-14-28/h8,10-18,21,27,32H,3,9,19-20,22-23H2,1-2,4-7H3/b16-15-,26-8+/t27-,32+/m1/s1. The molecule has 0 aromatic heterocycles. The molecule has 0 aliphatic carbocycles. The first-order valence-electron chi connectivity index (χ1n) is 15.0. The van der Waals surface area contributed by atoms with Gasteiger partial charge in [-0.05, 0) is 88.6 Å². The summed E-state index contributed by atoms with van der Waals surface area (Å²) in [5.74, 6) is -0.692. The molecule has 0 radical (unpaired) electrons. The Hall–Kier alpha value is -4.11. The van der Waals surface area contributed by atoms with E-state index in [4.69, 9.17) is 21.1 Å². The van der Waals surface area contributed by atoms with Crippen molar-refractivity contribution < 1.29 is 28.2 Å². The summed E-state index contributed by atoms with van der Waals surface area (Å²) in [6, 6.07) is 12.9. The highest BCUT2D eigenvalue weighted by atomic mass is 35.5. The molecule has 2 atom stereocenters. The molecule has 2 aromatic rings. The molecule has 10 heteroatoms. The fraction of sp³-hybridized carbons (Fsp3) is 0.400. The van der Waals surface area contributed by atoms with Crippen LogP contribution in [0.25, 0.3) is 0 Å². The van der Waals surface area contributed by atoms with Gasteiger partial charge in [-0.25, -0.2) is 9.18 Å². The number of rotatable bonds is 10. The zero-order valence-corrected chi connectivity index (χ0v) is 27.6. The topological polar surface area (TPSA) is 79.4 Å². The monoisotopic (exact) mass is 639 g/mol. The van der Waals surface area contributed by atoms with Crippen LogP contribution in [0.3, 0.4) is 0 Å². The highest BCUT2D eigenvalue weighted by Gasteiger charge is 2.40. The number of para-hydroxylation sites is 1. The third kappa shape index (κ3) is 9.44. The van der Waals surface area contributed by atoms with Gasteiger partial charge in [-0.1, -0.05) is 43.9 Å². The van der Waals surface area contributed by atoms with Crippen molar-refractivity contribution >= 4 is 35.2 Å². The Kier molecular flexibility index (Phi) is 12.4. The molecule has 8 nitrogen and oxygen atoms in total. The minimum absolute atomic E-state index is 0.196. The summed E-state index contributed by atoms with van der Waals surface area (Å²) >= 11 is 6.11. The van der Waals surface area contributed by atoms with Gasteiger partial charge in [0.1, 0.15) is 34.8 Å². The van der Waals surface area contributed by atoms with Gasteiger partial charge >= 0.3 is 6.09 Å². The Morgan fingerprint density at radius 3 is 2.38 bits per heavy atom. The molecule has 1 saturated heterocycles. The number of carbonyl (C=O) groups excluding carboxylic acids is 3. The second-order valence-electron chi connectivity index (χ2n) is 11.8. The number of alkyl halides is 1. The minimum atomic E-state index is -1.23. The number of hydrogen-bond donors (Lipinski definition) is 0. The minimum Gasteiger partial charge on any atom is -0.457 e. The molecule has 0 N–H and O–H groups in total. The van der Waals surface area contributed by atoms with E-state index in [-0.39, 0.29) is 31.2 Å². The van der Waals surface area contributed by atoms with Crippen LogP contribution in [0.4, 0.5) is 14.9 Å². The SMILES string of the molecule is C=C(/C=C\C(F)=C/C)[C@@H](C(=O)N1CCN(C(=O)OC(C)(C)C)[C@H](CC)C1)N(C(=O)CCl)c1ccc(Oc2ccccc2)cc1C. The molecule has 0 spiro atoms. The van der Waals surface area contributed by atoms with E-state index in [9.17, 15) is 18.8 Å². The Bertz CT molecular complexity index is 1440. The lowest BCUT2D eigenvalue weighted by molar-refractivity contribution is -0.136. The first-order valence-corrected chi connectivity index (χ1v) is 15.5. The van der Waals surface area contributed by atoms with E-state index in [1.165, 1.54) is 23.1 Å². The number of aryl methyl sites for hydroxylation is 1. The molecule has 0 saturated carbocycles. The maximum atomic E-state index is 14.4. The first-order chi connectivity index (χ1) is 21.3. The van der Waals surface area contributed by atoms with Crippen LogP contribution in [-0.4, -0.2) is 70.9 Å². The quantitative estimate of drug-likeness (QED) is 0.198. The Morgan fingerprint density at radius 1 is 1.11 bits per heavy atom. The summed E-state index contributed by atoms with van der Waals surface area (Å²) in [4.78, 5) is 45.4. The molecule has 1 aliphatic rings. The molecule has 3 amide bonds. The van der Waals surface area contributed by atoms with Crippen LogP contribution < -0.4 is 9.64 Å². The van der Waals surface area contributed by atoms with Crippen LogP contribution in [0.15, 0.2) is 84.7 Å². The fourth-order valence-corrected chi connectivity index (χ4v) is 5.14. The van der Waals surface area contributed by atoms with Crippen LogP contribution in [0, 0.1) is 6.92 Å². The summed E-state index contributed by atoms with van der Waals surface area (Å²) in [6.45, 7) is 15.4. The van der Waals surface area contributed by atoms with Gasteiger partial charge in [0, 0.05) is 25.3 Å². The van der Waals surface area contributed by atoms with Gasteiger partial charge < -0.3 is 19.3 Å². The Morgan fingerprint density at radius 2 is 1.80 bits per heavy atom. The maximum absolute atomic E-state index is 14.4. The zero-order valence-electron chi connectivity index (χ0n) is 26.9. The average Bonchev–Trinajstić information content (AvgIpc) is 3.01. The van der Waals surface area contributed by atoms with E-state index in [2.05, 4.69) is 6.58 Å². The van der Waals surface area contributed by atoms with Crippen molar-refractivity contribution in [1.29, 1.82) is 0 Å². The lowest BCUT2D eigenvalue weighted by atomic mass is 10.00. The van der Waals surface area contributed by atoms with Crippen molar-refractivity contribution in [1.82, 2.24) is 9.80 Å². The largest absolute Gasteiger partial charge is 0.457 e. The molecule has 2 aromatic carbocycles. The third-order valence-electron chi connectivity index (χ3n) is 7.26. The Balaban J connectivity index is 2.01. The fourth-order valence-electron chi connectivity index (χ4n) is 5.02. The lowest BCUT2D eigenvalue weighted by Crippen LogP contribution is -2.61. The van der Waals surface area contributed by atoms with Crippen molar-refractivity contribution in [2.24, 2.45) is 0 Å². The summed E-state index contributed by atoms with van der Waals surface area (Å²) in [7, 11) is 0. The number of piperazine rings is 1. The molecule has 0 bridgehead atoms. The summed E-state index contributed by atoms with van der Waals surface area (Å²) in [5, 5.41) is 0. The number of nitrogens with zero attached hydrogens (tertiary/aromatic N) is 3. The number of ether oxygens (including phenoxy) is 2. The lowest BCUT2D eigenvalue weighted by Gasteiger charge is -2.43. The van der Waals surface area contributed by atoms with E-state index < -0.39 is 41.3 Å². The smallest absolute Gasteiger partial charge is 0.410 e. The maximum Gasteiger partial charge on any atom is 0.410 e. The van der Waals surface area contributed by atoms with Gasteiger partial charge in [-0.2, -0.15) is 0 Å².